The van der Waals surface area contributed by atoms with Crippen molar-refractivity contribution in [3.63, 3.8) is 0 Å². The number of carbonyl (C=O) groups excluding carboxylic acids is 1. The molecule has 1 aromatic carbocycles. The molecule has 1 aliphatic carbocycles. The van der Waals surface area contributed by atoms with Crippen molar-refractivity contribution in [1.29, 1.82) is 0 Å². The van der Waals surface area contributed by atoms with Crippen molar-refractivity contribution < 1.29 is 14.3 Å². The van der Waals surface area contributed by atoms with E-state index in [2.05, 4.69) is 13.8 Å². The van der Waals surface area contributed by atoms with Crippen LogP contribution < -0.4 is 0 Å². The van der Waals surface area contributed by atoms with Crippen LogP contribution >= 0.6 is 0 Å². The Kier molecular flexibility index (Phi) is 3.09. The molecule has 1 unspecified atom stereocenters. The highest BCUT2D eigenvalue weighted by atomic mass is 16.6. The summed E-state index contributed by atoms with van der Waals surface area (Å²) >= 11 is 0. The Morgan fingerprint density at radius 3 is 2.53 bits per heavy atom. The van der Waals surface area contributed by atoms with E-state index in [4.69, 9.17) is 9.47 Å². The van der Waals surface area contributed by atoms with Gasteiger partial charge in [-0.05, 0) is 56.2 Å². The lowest BCUT2D eigenvalue weighted by Crippen LogP contribution is -2.28. The quantitative estimate of drug-likeness (QED) is 0.619. The number of hydrogen-bond donors (Lipinski definition) is 0. The van der Waals surface area contributed by atoms with Crippen LogP contribution in [-0.2, 0) is 19.9 Å². The highest BCUT2D eigenvalue weighted by molar-refractivity contribution is 5.84. The Bertz CT molecular complexity index is 497. The maximum atomic E-state index is 12.3. The van der Waals surface area contributed by atoms with E-state index < -0.39 is 5.60 Å². The highest BCUT2D eigenvalue weighted by Gasteiger charge is 2.56. The van der Waals surface area contributed by atoms with Crippen LogP contribution in [0.1, 0.15) is 42.4 Å². The zero-order valence-electron chi connectivity index (χ0n) is 11.6. The second-order valence-electron chi connectivity index (χ2n) is 5.73. The van der Waals surface area contributed by atoms with Gasteiger partial charge in [-0.3, -0.25) is 0 Å². The van der Waals surface area contributed by atoms with Gasteiger partial charge < -0.3 is 9.47 Å². The molecule has 1 heterocycles. The van der Waals surface area contributed by atoms with Crippen molar-refractivity contribution in [2.75, 3.05) is 6.61 Å². The SMILES string of the molecule is Cc1ccc(C2(C(=O)OC3CCCC3)CO2)cc1C. The van der Waals surface area contributed by atoms with E-state index >= 15 is 0 Å². The third-order valence-electron chi connectivity index (χ3n) is 4.31. The summed E-state index contributed by atoms with van der Waals surface area (Å²) in [6.07, 6.45) is 4.41. The lowest BCUT2D eigenvalue weighted by Gasteiger charge is -2.17. The maximum absolute atomic E-state index is 12.3. The van der Waals surface area contributed by atoms with Gasteiger partial charge in [0.25, 0.3) is 0 Å². The second-order valence-corrected chi connectivity index (χ2v) is 5.73. The summed E-state index contributed by atoms with van der Waals surface area (Å²) in [7, 11) is 0. The molecule has 0 bridgehead atoms. The molecule has 3 heteroatoms. The van der Waals surface area contributed by atoms with Crippen LogP contribution in [0.5, 0.6) is 0 Å². The Hall–Kier alpha value is -1.35. The number of benzene rings is 1. The van der Waals surface area contributed by atoms with Crippen LogP contribution in [0.3, 0.4) is 0 Å². The first kappa shape index (κ1) is 12.7. The van der Waals surface area contributed by atoms with Crippen LogP contribution in [0, 0.1) is 13.8 Å². The number of rotatable bonds is 3. The molecular weight excluding hydrogens is 240 g/mol. The summed E-state index contributed by atoms with van der Waals surface area (Å²) in [5.74, 6) is -0.206. The van der Waals surface area contributed by atoms with E-state index in [1.165, 1.54) is 11.1 Å². The number of hydrogen-bond acceptors (Lipinski definition) is 3. The summed E-state index contributed by atoms with van der Waals surface area (Å²) in [6.45, 7) is 4.56. The van der Waals surface area contributed by atoms with Crippen molar-refractivity contribution in [2.24, 2.45) is 0 Å². The fourth-order valence-corrected chi connectivity index (χ4v) is 2.72. The van der Waals surface area contributed by atoms with Gasteiger partial charge in [0.2, 0.25) is 5.60 Å². The average molecular weight is 260 g/mol. The van der Waals surface area contributed by atoms with Gasteiger partial charge in [0.1, 0.15) is 6.10 Å². The van der Waals surface area contributed by atoms with E-state index in [0.717, 1.165) is 31.2 Å². The predicted octanol–water partition coefficient (Wildman–Crippen LogP) is 3.01. The molecule has 0 radical (unpaired) electrons. The Morgan fingerprint density at radius 2 is 1.95 bits per heavy atom. The number of carbonyl (C=O) groups is 1. The van der Waals surface area contributed by atoms with Crippen molar-refractivity contribution in [3.05, 3.63) is 34.9 Å². The summed E-state index contributed by atoms with van der Waals surface area (Å²) in [5.41, 5.74) is 2.52. The molecule has 1 aromatic rings. The monoisotopic (exact) mass is 260 g/mol. The molecule has 0 N–H and O–H groups in total. The van der Waals surface area contributed by atoms with E-state index in [9.17, 15) is 4.79 Å². The van der Waals surface area contributed by atoms with Crippen molar-refractivity contribution in [2.45, 2.75) is 51.2 Å². The number of ether oxygens (including phenoxy) is 2. The third-order valence-corrected chi connectivity index (χ3v) is 4.31. The normalized spacial score (nSPS) is 26.4. The van der Waals surface area contributed by atoms with Crippen LogP contribution in [0.15, 0.2) is 18.2 Å². The Labute approximate surface area is 113 Å². The highest BCUT2D eigenvalue weighted by Crippen LogP contribution is 2.41. The second kappa shape index (κ2) is 4.64. The fourth-order valence-electron chi connectivity index (χ4n) is 2.72. The van der Waals surface area contributed by atoms with Crippen LogP contribution in [0.4, 0.5) is 0 Å². The van der Waals surface area contributed by atoms with E-state index in [1.807, 2.05) is 18.2 Å². The molecule has 0 aromatic heterocycles. The van der Waals surface area contributed by atoms with Gasteiger partial charge in [0, 0.05) is 0 Å². The minimum atomic E-state index is -0.818. The maximum Gasteiger partial charge on any atom is 0.345 e. The van der Waals surface area contributed by atoms with E-state index in [0.29, 0.717) is 6.61 Å². The predicted molar refractivity (Wildman–Crippen MR) is 71.9 cm³/mol. The Balaban J connectivity index is 1.78. The van der Waals surface area contributed by atoms with Gasteiger partial charge in [0.05, 0.1) is 6.61 Å². The molecular formula is C16H20O3. The summed E-state index contributed by atoms with van der Waals surface area (Å²) in [4.78, 5) is 12.3. The fraction of sp³-hybridized carbons (Fsp3) is 0.562. The summed E-state index contributed by atoms with van der Waals surface area (Å²) < 4.78 is 11.1. The first-order valence-electron chi connectivity index (χ1n) is 7.04. The standard InChI is InChI=1S/C16H20O3/c1-11-7-8-13(9-12(11)2)16(10-18-16)15(17)19-14-5-3-4-6-14/h7-9,14H,3-6,10H2,1-2H3. The molecule has 1 atom stereocenters. The van der Waals surface area contributed by atoms with Gasteiger partial charge in [-0.15, -0.1) is 0 Å². The summed E-state index contributed by atoms with van der Waals surface area (Å²) in [6, 6.07) is 6.06. The molecule has 2 fully saturated rings. The minimum Gasteiger partial charge on any atom is -0.460 e. The van der Waals surface area contributed by atoms with Gasteiger partial charge in [-0.2, -0.15) is 0 Å². The molecule has 0 spiro atoms. The lowest BCUT2D eigenvalue weighted by atomic mass is 9.96. The number of aryl methyl sites for hydroxylation is 2. The largest absolute Gasteiger partial charge is 0.460 e. The van der Waals surface area contributed by atoms with E-state index in [-0.39, 0.29) is 12.1 Å². The minimum absolute atomic E-state index is 0.0973. The van der Waals surface area contributed by atoms with Crippen LogP contribution in [0.25, 0.3) is 0 Å². The molecule has 3 nitrogen and oxygen atoms in total. The first-order valence-corrected chi connectivity index (χ1v) is 7.04. The molecule has 19 heavy (non-hydrogen) atoms. The van der Waals surface area contributed by atoms with Crippen LogP contribution in [0.2, 0.25) is 0 Å². The molecule has 0 amide bonds. The van der Waals surface area contributed by atoms with E-state index in [1.54, 1.807) is 0 Å². The zero-order chi connectivity index (χ0) is 13.5. The van der Waals surface area contributed by atoms with Crippen molar-refractivity contribution in [3.8, 4) is 0 Å². The molecule has 2 aliphatic rings. The summed E-state index contributed by atoms with van der Waals surface area (Å²) in [5, 5.41) is 0. The number of epoxide rings is 1. The molecule has 1 saturated carbocycles. The molecule has 1 saturated heterocycles. The van der Waals surface area contributed by atoms with Gasteiger partial charge in [0.15, 0.2) is 0 Å². The zero-order valence-corrected chi connectivity index (χ0v) is 11.6. The van der Waals surface area contributed by atoms with Gasteiger partial charge in [-0.25, -0.2) is 4.79 Å². The molecule has 1 aliphatic heterocycles. The number of esters is 1. The average Bonchev–Trinajstić information content (AvgIpc) is 3.06. The lowest BCUT2D eigenvalue weighted by molar-refractivity contribution is -0.155. The topological polar surface area (TPSA) is 38.8 Å². The van der Waals surface area contributed by atoms with Gasteiger partial charge >= 0.3 is 5.97 Å². The Morgan fingerprint density at radius 1 is 1.26 bits per heavy atom. The van der Waals surface area contributed by atoms with Crippen molar-refractivity contribution in [1.82, 2.24) is 0 Å². The van der Waals surface area contributed by atoms with Crippen molar-refractivity contribution >= 4 is 5.97 Å². The third kappa shape index (κ3) is 2.27. The van der Waals surface area contributed by atoms with Gasteiger partial charge in [-0.1, -0.05) is 18.2 Å². The first-order chi connectivity index (χ1) is 9.12. The molecule has 3 rings (SSSR count). The van der Waals surface area contributed by atoms with Crippen LogP contribution in [-0.4, -0.2) is 18.7 Å². The smallest absolute Gasteiger partial charge is 0.345 e. The molecule has 102 valence electrons.